The fourth-order valence-electron chi connectivity index (χ4n) is 6.46. The first kappa shape index (κ1) is 15.7. The Balaban J connectivity index is 1.68. The molecule has 3 heteroatoms. The number of epoxide rings is 1. The van der Waals surface area contributed by atoms with Crippen LogP contribution < -0.4 is 0 Å². The predicted molar refractivity (Wildman–Crippen MR) is 89.1 cm³/mol. The van der Waals surface area contributed by atoms with Crippen LogP contribution in [0.3, 0.4) is 0 Å². The molecule has 23 heavy (non-hydrogen) atoms. The molecule has 1 heterocycles. The average Bonchev–Trinajstić information content (AvgIpc) is 3.31. The first-order valence-corrected chi connectivity index (χ1v) is 9.36. The zero-order valence-corrected chi connectivity index (χ0v) is 14.7. The monoisotopic (exact) mass is 318 g/mol. The third kappa shape index (κ3) is 2.15. The summed E-state index contributed by atoms with van der Waals surface area (Å²) in [7, 11) is 0. The SMILES string of the molecule is C[C@@]12CCC[C@@](C)(C(=O)O)[C@H]1CCC1=C[C@@](C)([C@H]3CO3)CC[C@H]12. The van der Waals surface area contributed by atoms with Crippen molar-refractivity contribution in [3.05, 3.63) is 11.6 Å². The van der Waals surface area contributed by atoms with E-state index in [4.69, 9.17) is 4.74 Å². The molecule has 3 nitrogen and oxygen atoms in total. The molecule has 0 spiro atoms. The molecular weight excluding hydrogens is 288 g/mol. The van der Waals surface area contributed by atoms with Gasteiger partial charge in [-0.25, -0.2) is 0 Å². The standard InChI is InChI=1S/C20H30O3/c1-18(16-12-23-16)10-7-14-13(11-18)5-6-15-19(14,2)8-4-9-20(15,3)17(21)22/h11,14-16H,4-10,12H2,1-3H3,(H,21,22)/t14-,15+,16-,18+,19+,20-/m1/s1. The molecule has 3 aliphatic carbocycles. The van der Waals surface area contributed by atoms with Crippen LogP contribution in [0.1, 0.15) is 65.7 Å². The summed E-state index contributed by atoms with van der Waals surface area (Å²) in [5.41, 5.74) is 1.47. The topological polar surface area (TPSA) is 49.8 Å². The number of fused-ring (bicyclic) bond motifs is 3. The van der Waals surface area contributed by atoms with Crippen LogP contribution in [0, 0.1) is 28.1 Å². The second-order valence-electron chi connectivity index (χ2n) is 9.31. The van der Waals surface area contributed by atoms with Crippen LogP contribution in [0.2, 0.25) is 0 Å². The van der Waals surface area contributed by atoms with Crippen LogP contribution in [0.5, 0.6) is 0 Å². The lowest BCUT2D eigenvalue weighted by Crippen LogP contribution is -2.54. The van der Waals surface area contributed by atoms with E-state index >= 15 is 0 Å². The van der Waals surface area contributed by atoms with Crippen molar-refractivity contribution in [1.82, 2.24) is 0 Å². The van der Waals surface area contributed by atoms with Crippen molar-refractivity contribution in [2.24, 2.45) is 28.1 Å². The van der Waals surface area contributed by atoms with Gasteiger partial charge >= 0.3 is 5.97 Å². The molecule has 0 aromatic carbocycles. The van der Waals surface area contributed by atoms with E-state index < -0.39 is 11.4 Å². The number of carboxylic acid groups (broad SMARTS) is 1. The minimum atomic E-state index is -0.576. The average molecular weight is 318 g/mol. The van der Waals surface area contributed by atoms with Crippen LogP contribution in [0.15, 0.2) is 11.6 Å². The van der Waals surface area contributed by atoms with Crippen molar-refractivity contribution in [3.63, 3.8) is 0 Å². The summed E-state index contributed by atoms with van der Waals surface area (Å²) in [6, 6.07) is 0. The van der Waals surface area contributed by atoms with Gasteiger partial charge in [0.25, 0.3) is 0 Å². The van der Waals surface area contributed by atoms with Crippen LogP contribution in [0.4, 0.5) is 0 Å². The predicted octanol–water partition coefficient (Wildman–Crippen LogP) is 4.42. The van der Waals surface area contributed by atoms with Gasteiger partial charge in [-0.3, -0.25) is 4.79 Å². The molecule has 0 aromatic heterocycles. The van der Waals surface area contributed by atoms with Gasteiger partial charge in [-0.15, -0.1) is 0 Å². The van der Waals surface area contributed by atoms with E-state index in [1.54, 1.807) is 5.57 Å². The van der Waals surface area contributed by atoms with Gasteiger partial charge in [-0.05, 0) is 62.7 Å². The van der Waals surface area contributed by atoms with Gasteiger partial charge in [0.1, 0.15) is 0 Å². The summed E-state index contributed by atoms with van der Waals surface area (Å²) < 4.78 is 5.60. The Kier molecular flexibility index (Phi) is 3.30. The van der Waals surface area contributed by atoms with Gasteiger partial charge < -0.3 is 9.84 Å². The lowest BCUT2D eigenvalue weighted by atomic mass is 9.45. The second-order valence-corrected chi connectivity index (χ2v) is 9.31. The molecule has 0 aromatic rings. The number of ether oxygens (including phenoxy) is 1. The Morgan fingerprint density at radius 2 is 1.96 bits per heavy atom. The first-order chi connectivity index (χ1) is 10.8. The molecule has 128 valence electrons. The largest absolute Gasteiger partial charge is 0.481 e. The molecule has 1 aliphatic heterocycles. The molecule has 4 aliphatic rings. The van der Waals surface area contributed by atoms with Gasteiger partial charge in [-0.1, -0.05) is 31.9 Å². The van der Waals surface area contributed by atoms with Gasteiger partial charge in [0.05, 0.1) is 18.1 Å². The molecule has 1 N–H and O–H groups in total. The van der Waals surface area contributed by atoms with E-state index in [2.05, 4.69) is 19.9 Å². The molecule has 2 saturated carbocycles. The molecular formula is C20H30O3. The van der Waals surface area contributed by atoms with Gasteiger partial charge in [0.15, 0.2) is 0 Å². The molecule has 4 rings (SSSR count). The van der Waals surface area contributed by atoms with E-state index in [9.17, 15) is 9.90 Å². The number of aliphatic carboxylic acids is 1. The zero-order chi connectivity index (χ0) is 16.5. The van der Waals surface area contributed by atoms with Crippen LogP contribution in [-0.2, 0) is 9.53 Å². The normalized spacial score (nSPS) is 52.1. The highest BCUT2D eigenvalue weighted by Gasteiger charge is 2.59. The van der Waals surface area contributed by atoms with Crippen molar-refractivity contribution in [2.45, 2.75) is 71.8 Å². The Labute approximate surface area is 139 Å². The Hall–Kier alpha value is -0.830. The molecule has 3 fully saturated rings. The van der Waals surface area contributed by atoms with E-state index in [-0.39, 0.29) is 10.8 Å². The third-order valence-electron chi connectivity index (χ3n) is 7.99. The number of hydrogen-bond acceptors (Lipinski definition) is 2. The third-order valence-corrected chi connectivity index (χ3v) is 7.99. The highest BCUT2D eigenvalue weighted by Crippen LogP contribution is 2.64. The quantitative estimate of drug-likeness (QED) is 0.605. The summed E-state index contributed by atoms with van der Waals surface area (Å²) >= 11 is 0. The minimum Gasteiger partial charge on any atom is -0.481 e. The Bertz CT molecular complexity index is 563. The van der Waals surface area contributed by atoms with Crippen molar-refractivity contribution in [1.29, 1.82) is 0 Å². The Morgan fingerprint density at radius 3 is 2.61 bits per heavy atom. The second kappa shape index (κ2) is 4.84. The van der Waals surface area contributed by atoms with Crippen LogP contribution in [-0.4, -0.2) is 23.8 Å². The van der Waals surface area contributed by atoms with Gasteiger partial charge in [0, 0.05) is 5.41 Å². The number of carbonyl (C=O) groups is 1. The maximum absolute atomic E-state index is 12.0. The lowest BCUT2D eigenvalue weighted by molar-refractivity contribution is -0.164. The highest BCUT2D eigenvalue weighted by atomic mass is 16.6. The number of allylic oxidation sites excluding steroid dienone is 1. The van der Waals surface area contributed by atoms with Crippen molar-refractivity contribution in [3.8, 4) is 0 Å². The van der Waals surface area contributed by atoms with Crippen molar-refractivity contribution >= 4 is 5.97 Å². The van der Waals surface area contributed by atoms with Crippen LogP contribution >= 0.6 is 0 Å². The summed E-state index contributed by atoms with van der Waals surface area (Å²) in [6.45, 7) is 7.68. The maximum Gasteiger partial charge on any atom is 0.309 e. The highest BCUT2D eigenvalue weighted by molar-refractivity contribution is 5.75. The lowest BCUT2D eigenvalue weighted by Gasteiger charge is -2.59. The minimum absolute atomic E-state index is 0.168. The summed E-state index contributed by atoms with van der Waals surface area (Å²) in [4.78, 5) is 12.0. The summed E-state index contributed by atoms with van der Waals surface area (Å²) in [5, 5.41) is 9.88. The maximum atomic E-state index is 12.0. The van der Waals surface area contributed by atoms with Crippen LogP contribution in [0.25, 0.3) is 0 Å². The molecule has 0 radical (unpaired) electrons. The molecule has 0 amide bonds. The smallest absolute Gasteiger partial charge is 0.309 e. The number of rotatable bonds is 2. The molecule has 0 bridgehead atoms. The number of hydrogen-bond donors (Lipinski definition) is 1. The van der Waals surface area contributed by atoms with E-state index in [1.165, 1.54) is 19.3 Å². The fourth-order valence-corrected chi connectivity index (χ4v) is 6.46. The first-order valence-electron chi connectivity index (χ1n) is 9.36. The molecule has 6 atom stereocenters. The Morgan fingerprint density at radius 1 is 1.22 bits per heavy atom. The van der Waals surface area contributed by atoms with Crippen molar-refractivity contribution < 1.29 is 14.6 Å². The number of carboxylic acids is 1. The van der Waals surface area contributed by atoms with Gasteiger partial charge in [-0.2, -0.15) is 0 Å². The summed E-state index contributed by atoms with van der Waals surface area (Å²) in [5.74, 6) is 0.338. The molecule has 1 saturated heterocycles. The van der Waals surface area contributed by atoms with Crippen molar-refractivity contribution in [2.75, 3.05) is 6.61 Å². The molecule has 0 unspecified atom stereocenters. The van der Waals surface area contributed by atoms with Gasteiger partial charge in [0.2, 0.25) is 0 Å². The fraction of sp³-hybridized carbons (Fsp3) is 0.850. The van der Waals surface area contributed by atoms with E-state index in [0.717, 1.165) is 32.3 Å². The zero-order valence-electron chi connectivity index (χ0n) is 14.7. The summed E-state index contributed by atoms with van der Waals surface area (Å²) in [6.07, 6.45) is 10.6. The van der Waals surface area contributed by atoms with E-state index in [0.29, 0.717) is 17.9 Å². The van der Waals surface area contributed by atoms with E-state index in [1.807, 2.05) is 6.92 Å².